The number of aryl methyl sites for hydroxylation is 1. The topological polar surface area (TPSA) is 38.1 Å². The van der Waals surface area contributed by atoms with Crippen LogP contribution in [-0.2, 0) is 0 Å². The van der Waals surface area contributed by atoms with Crippen molar-refractivity contribution in [2.45, 2.75) is 26.3 Å². The summed E-state index contributed by atoms with van der Waals surface area (Å²) < 4.78 is 5.41. The van der Waals surface area contributed by atoms with Gasteiger partial charge >= 0.3 is 0 Å². The van der Waals surface area contributed by atoms with Crippen LogP contribution in [0.4, 0.5) is 5.69 Å². The molecule has 17 heavy (non-hydrogen) atoms. The average Bonchev–Trinajstić information content (AvgIpc) is 2.82. The lowest BCUT2D eigenvalue weighted by molar-refractivity contribution is 0.474. The van der Waals surface area contributed by atoms with E-state index >= 15 is 0 Å². The van der Waals surface area contributed by atoms with Crippen LogP contribution in [-0.4, -0.2) is 4.98 Å². The third kappa shape index (κ3) is 2.61. The summed E-state index contributed by atoms with van der Waals surface area (Å²) in [6, 6.07) is 5.90. The van der Waals surface area contributed by atoms with Gasteiger partial charge < -0.3 is 9.73 Å². The molecular formula is C13H15ClN2O. The Balaban J connectivity index is 2.25. The van der Waals surface area contributed by atoms with Crippen LogP contribution in [0.3, 0.4) is 0 Å². The van der Waals surface area contributed by atoms with Crippen molar-refractivity contribution in [1.29, 1.82) is 0 Å². The molecule has 0 saturated heterocycles. The first-order valence-corrected chi connectivity index (χ1v) is 6.01. The molecule has 1 atom stereocenters. The lowest BCUT2D eigenvalue weighted by Gasteiger charge is -2.18. The molecule has 0 radical (unpaired) electrons. The van der Waals surface area contributed by atoms with Crippen molar-refractivity contribution in [3.05, 3.63) is 47.1 Å². The van der Waals surface area contributed by atoms with Gasteiger partial charge in [0.15, 0.2) is 5.15 Å². The van der Waals surface area contributed by atoms with E-state index in [1.165, 1.54) is 0 Å². The summed E-state index contributed by atoms with van der Waals surface area (Å²) in [5, 5.41) is 3.87. The van der Waals surface area contributed by atoms with Crippen LogP contribution in [0.15, 0.2) is 35.1 Å². The second-order valence-corrected chi connectivity index (χ2v) is 4.27. The fourth-order valence-corrected chi connectivity index (χ4v) is 2.00. The van der Waals surface area contributed by atoms with E-state index in [0.717, 1.165) is 23.4 Å². The fraction of sp³-hybridized carbons (Fsp3) is 0.308. The number of aromatic nitrogens is 1. The highest BCUT2D eigenvalue weighted by Gasteiger charge is 2.14. The van der Waals surface area contributed by atoms with Gasteiger partial charge in [0.1, 0.15) is 5.76 Å². The Morgan fingerprint density at radius 3 is 2.88 bits per heavy atom. The molecule has 0 aliphatic rings. The van der Waals surface area contributed by atoms with Gasteiger partial charge in [0.05, 0.1) is 18.0 Å². The second kappa shape index (κ2) is 5.23. The zero-order valence-electron chi connectivity index (χ0n) is 9.90. The second-order valence-electron chi connectivity index (χ2n) is 3.91. The summed E-state index contributed by atoms with van der Waals surface area (Å²) in [7, 11) is 0. The van der Waals surface area contributed by atoms with Crippen molar-refractivity contribution in [3.63, 3.8) is 0 Å². The molecule has 0 aliphatic carbocycles. The third-order valence-corrected chi connectivity index (χ3v) is 3.01. The number of rotatable bonds is 4. The first-order valence-electron chi connectivity index (χ1n) is 5.63. The number of nitrogens with zero attached hydrogens (tertiary/aromatic N) is 1. The number of halogens is 1. The van der Waals surface area contributed by atoms with E-state index in [1.54, 1.807) is 12.5 Å². The molecule has 2 rings (SSSR count). The molecular weight excluding hydrogens is 236 g/mol. The monoisotopic (exact) mass is 250 g/mol. The maximum absolute atomic E-state index is 6.09. The third-order valence-electron chi connectivity index (χ3n) is 2.73. The Hall–Kier alpha value is -1.48. The Bertz CT molecular complexity index is 462. The van der Waals surface area contributed by atoms with Crippen LogP contribution in [0.1, 0.15) is 30.7 Å². The van der Waals surface area contributed by atoms with E-state index in [4.69, 9.17) is 16.0 Å². The first kappa shape index (κ1) is 12.0. The van der Waals surface area contributed by atoms with Gasteiger partial charge in [-0.15, -0.1) is 0 Å². The van der Waals surface area contributed by atoms with Crippen molar-refractivity contribution in [2.75, 3.05) is 5.32 Å². The molecule has 1 unspecified atom stereocenters. The largest absolute Gasteiger partial charge is 0.467 e. The van der Waals surface area contributed by atoms with Gasteiger partial charge in [-0.05, 0) is 37.1 Å². The molecule has 0 saturated carbocycles. The molecule has 2 aromatic heterocycles. The molecule has 0 fully saturated rings. The number of hydrogen-bond donors (Lipinski definition) is 1. The van der Waals surface area contributed by atoms with Gasteiger partial charge in [-0.2, -0.15) is 0 Å². The smallest absolute Gasteiger partial charge is 0.152 e. The highest BCUT2D eigenvalue weighted by atomic mass is 35.5. The van der Waals surface area contributed by atoms with E-state index in [-0.39, 0.29) is 6.04 Å². The molecule has 0 amide bonds. The average molecular weight is 251 g/mol. The Morgan fingerprint density at radius 1 is 1.47 bits per heavy atom. The number of pyridine rings is 1. The van der Waals surface area contributed by atoms with Crippen molar-refractivity contribution >= 4 is 17.3 Å². The Kier molecular flexibility index (Phi) is 3.69. The highest BCUT2D eigenvalue weighted by Crippen LogP contribution is 2.29. The summed E-state index contributed by atoms with van der Waals surface area (Å²) in [5.41, 5.74) is 1.95. The van der Waals surface area contributed by atoms with E-state index in [9.17, 15) is 0 Å². The summed E-state index contributed by atoms with van der Waals surface area (Å²) in [6.07, 6.45) is 4.30. The predicted molar refractivity (Wildman–Crippen MR) is 69.3 cm³/mol. The lowest BCUT2D eigenvalue weighted by atomic mass is 10.1. The van der Waals surface area contributed by atoms with Gasteiger partial charge in [-0.1, -0.05) is 18.5 Å². The van der Waals surface area contributed by atoms with Crippen molar-refractivity contribution in [2.24, 2.45) is 0 Å². The zero-order valence-corrected chi connectivity index (χ0v) is 10.7. The van der Waals surface area contributed by atoms with Gasteiger partial charge in [0.2, 0.25) is 0 Å². The van der Waals surface area contributed by atoms with Crippen molar-refractivity contribution in [1.82, 2.24) is 4.98 Å². The minimum atomic E-state index is 0.116. The van der Waals surface area contributed by atoms with Gasteiger partial charge in [-0.3, -0.25) is 0 Å². The molecule has 2 heterocycles. The molecule has 3 nitrogen and oxygen atoms in total. The summed E-state index contributed by atoms with van der Waals surface area (Å²) in [4.78, 5) is 4.08. The maximum atomic E-state index is 6.09. The molecule has 2 aromatic rings. The normalized spacial score (nSPS) is 12.4. The zero-order chi connectivity index (χ0) is 12.3. The molecule has 0 spiro atoms. The predicted octanol–water partition coefficient (Wildman–Crippen LogP) is 4.20. The van der Waals surface area contributed by atoms with Crippen molar-refractivity contribution < 1.29 is 4.42 Å². The Morgan fingerprint density at radius 2 is 2.29 bits per heavy atom. The molecule has 0 bridgehead atoms. The first-order chi connectivity index (χ1) is 8.22. The van der Waals surface area contributed by atoms with Gasteiger partial charge in [0.25, 0.3) is 0 Å². The maximum Gasteiger partial charge on any atom is 0.152 e. The Labute approximate surface area is 106 Å². The molecule has 4 heteroatoms. The molecule has 90 valence electrons. The van der Waals surface area contributed by atoms with Crippen LogP contribution >= 0.6 is 11.6 Å². The molecule has 0 aliphatic heterocycles. The highest BCUT2D eigenvalue weighted by molar-refractivity contribution is 6.32. The van der Waals surface area contributed by atoms with Crippen LogP contribution < -0.4 is 5.32 Å². The number of hydrogen-bond acceptors (Lipinski definition) is 3. The summed E-state index contributed by atoms with van der Waals surface area (Å²) in [5.74, 6) is 0.909. The van der Waals surface area contributed by atoms with Crippen molar-refractivity contribution in [3.8, 4) is 0 Å². The van der Waals surface area contributed by atoms with E-state index in [2.05, 4.69) is 17.2 Å². The minimum absolute atomic E-state index is 0.116. The van der Waals surface area contributed by atoms with Gasteiger partial charge in [-0.25, -0.2) is 4.98 Å². The summed E-state index contributed by atoms with van der Waals surface area (Å²) >= 11 is 6.09. The molecule has 0 aromatic carbocycles. The number of nitrogens with one attached hydrogen (secondary N) is 1. The van der Waals surface area contributed by atoms with Gasteiger partial charge in [0, 0.05) is 6.20 Å². The quantitative estimate of drug-likeness (QED) is 0.827. The van der Waals surface area contributed by atoms with Crippen LogP contribution in [0.25, 0.3) is 0 Å². The lowest BCUT2D eigenvalue weighted by Crippen LogP contribution is -2.10. The molecule has 1 N–H and O–H groups in total. The number of furan rings is 1. The standard InChI is InChI=1S/C13H15ClN2O/c1-3-10(11-5-4-8-17-11)16-12-9(2)6-7-15-13(12)14/h4-8,10,16H,3H2,1-2H3. The van der Waals surface area contributed by atoms with E-state index in [0.29, 0.717) is 5.15 Å². The number of anilines is 1. The van der Waals surface area contributed by atoms with Crippen LogP contribution in [0.5, 0.6) is 0 Å². The van der Waals surface area contributed by atoms with Crippen LogP contribution in [0, 0.1) is 6.92 Å². The SMILES string of the molecule is CCC(Nc1c(C)ccnc1Cl)c1ccco1. The van der Waals surface area contributed by atoms with E-state index in [1.807, 2.05) is 25.1 Å². The summed E-state index contributed by atoms with van der Waals surface area (Å²) in [6.45, 7) is 4.10. The van der Waals surface area contributed by atoms with Crippen LogP contribution in [0.2, 0.25) is 5.15 Å². The van der Waals surface area contributed by atoms with E-state index < -0.39 is 0 Å². The minimum Gasteiger partial charge on any atom is -0.467 e. The fourth-order valence-electron chi connectivity index (χ4n) is 1.74.